The molecule has 0 N–H and O–H groups in total. The highest BCUT2D eigenvalue weighted by Gasteiger charge is 2.25. The molecule has 0 saturated carbocycles. The number of carbonyl (C=O) groups is 4. The molecule has 1 aromatic carbocycles. The van der Waals surface area contributed by atoms with Gasteiger partial charge in [-0.15, -0.1) is 11.3 Å². The Morgan fingerprint density at radius 2 is 1.05 bits per heavy atom. The molecule has 0 bridgehead atoms. The second-order valence-electron chi connectivity index (χ2n) is 20.3. The van der Waals surface area contributed by atoms with E-state index < -0.39 is 41.8 Å². The smallest absolute Gasteiger partial charge is 0.309 e. The first kappa shape index (κ1) is 78.4. The van der Waals surface area contributed by atoms with Crippen LogP contribution in [0.5, 0.6) is 0 Å². The molecule has 24 heteroatoms. The predicted octanol–water partition coefficient (Wildman–Crippen LogP) is 10.7. The fourth-order valence-electron chi connectivity index (χ4n) is 8.52. The zero-order valence-electron chi connectivity index (χ0n) is 53.5. The fourth-order valence-corrected chi connectivity index (χ4v) is 9.39. The van der Waals surface area contributed by atoms with E-state index >= 15 is 0 Å². The minimum absolute atomic E-state index is 0.0408. The number of anilines is 1. The molecule has 4 unspecified atom stereocenters. The molecule has 0 aliphatic carbocycles. The maximum atomic E-state index is 12.5. The maximum absolute atomic E-state index is 12.5. The van der Waals surface area contributed by atoms with Crippen LogP contribution in [0.15, 0.2) is 52.7 Å². The highest BCUT2D eigenvalue weighted by molar-refractivity contribution is 7.17. The van der Waals surface area contributed by atoms with Crippen LogP contribution in [-0.4, -0.2) is 197 Å². The summed E-state index contributed by atoms with van der Waals surface area (Å²) in [6.45, 7) is 21.2. The highest BCUT2D eigenvalue weighted by Crippen LogP contribution is 2.42. The Bertz CT molecular complexity index is 2390. The third-order valence-electron chi connectivity index (χ3n) is 13.3. The van der Waals surface area contributed by atoms with Crippen molar-refractivity contribution in [2.75, 3.05) is 165 Å². The molecule has 0 amide bonds. The van der Waals surface area contributed by atoms with E-state index in [1.165, 1.54) is 14.2 Å². The average Bonchev–Trinajstić information content (AvgIpc) is 2.28. The van der Waals surface area contributed by atoms with Crippen LogP contribution in [-0.2, 0) is 85.5 Å². The van der Waals surface area contributed by atoms with Gasteiger partial charge in [0.05, 0.1) is 174 Å². The number of carbonyl (C=O) groups excluding carboxylic acids is 4. The van der Waals surface area contributed by atoms with Gasteiger partial charge in [-0.3, -0.25) is 19.2 Å². The van der Waals surface area contributed by atoms with Gasteiger partial charge in [-0.05, 0) is 81.7 Å². The predicted molar refractivity (Wildman–Crippen MR) is 334 cm³/mol. The van der Waals surface area contributed by atoms with Crippen LogP contribution < -0.4 is 4.90 Å². The van der Waals surface area contributed by atoms with Gasteiger partial charge in [0.25, 0.3) is 0 Å². The molecule has 0 aliphatic rings. The first-order valence-corrected chi connectivity index (χ1v) is 31.3. The van der Waals surface area contributed by atoms with Crippen molar-refractivity contribution in [3.63, 3.8) is 0 Å². The largest absolute Gasteiger partial charge is 0.469 e. The van der Waals surface area contributed by atoms with E-state index in [-0.39, 0.29) is 91.6 Å². The van der Waals surface area contributed by atoms with E-state index in [0.717, 1.165) is 74.0 Å². The lowest BCUT2D eigenvalue weighted by Gasteiger charge is -2.32. The summed E-state index contributed by atoms with van der Waals surface area (Å²) in [7, 11) is 5.85. The minimum Gasteiger partial charge on any atom is -0.469 e. The number of azo groups is 1. The summed E-state index contributed by atoms with van der Waals surface area (Å²) in [5.74, 6) is -3.05. The van der Waals surface area contributed by atoms with E-state index in [2.05, 4.69) is 39.9 Å². The van der Waals surface area contributed by atoms with E-state index in [4.69, 9.17) is 72.9 Å². The van der Waals surface area contributed by atoms with Gasteiger partial charge < -0.3 is 71.2 Å². The quantitative estimate of drug-likeness (QED) is 0.0149. The van der Waals surface area contributed by atoms with Crippen molar-refractivity contribution in [3.8, 4) is 6.07 Å². The summed E-state index contributed by atoms with van der Waals surface area (Å²) < 4.78 is 78.2. The molecule has 0 radical (unpaired) electrons. The summed E-state index contributed by atoms with van der Waals surface area (Å²) in [6, 6.07) is 7.89. The van der Waals surface area contributed by atoms with Gasteiger partial charge in [-0.2, -0.15) is 15.5 Å². The van der Waals surface area contributed by atoms with Crippen molar-refractivity contribution >= 4 is 57.3 Å². The molecule has 0 saturated heterocycles. The molecular formula is C64H99N5O18S. The van der Waals surface area contributed by atoms with Crippen molar-refractivity contribution < 1.29 is 85.5 Å². The summed E-state index contributed by atoms with van der Waals surface area (Å²) in [6.07, 6.45) is 16.5. The zero-order chi connectivity index (χ0) is 64.2. The summed E-state index contributed by atoms with van der Waals surface area (Å²) in [4.78, 5) is 55.4. The molecule has 1 heterocycles. The lowest BCUT2D eigenvalue weighted by Crippen LogP contribution is -2.43. The number of benzene rings is 1. The maximum Gasteiger partial charge on any atom is 0.309 e. The van der Waals surface area contributed by atoms with E-state index in [1.54, 1.807) is 21.1 Å². The van der Waals surface area contributed by atoms with E-state index in [0.29, 0.717) is 99.0 Å². The monoisotopic (exact) mass is 1260 g/mol. The molecule has 0 fully saturated rings. The Balaban J connectivity index is 1.86. The number of unbranched alkanes of at least 4 members (excludes halogenated alkanes) is 6. The molecule has 4 atom stereocenters. The van der Waals surface area contributed by atoms with Crippen molar-refractivity contribution in [1.29, 1.82) is 5.26 Å². The second kappa shape index (κ2) is 52.1. The van der Waals surface area contributed by atoms with Crippen LogP contribution in [0.4, 0.5) is 22.1 Å². The second-order valence-corrected chi connectivity index (χ2v) is 21.3. The molecule has 2 rings (SSSR count). The Morgan fingerprint density at radius 1 is 0.614 bits per heavy atom. The van der Waals surface area contributed by atoms with Crippen LogP contribution in [0.3, 0.4) is 0 Å². The first-order valence-electron chi connectivity index (χ1n) is 30.5. The Labute approximate surface area is 526 Å². The Morgan fingerprint density at radius 3 is 1.43 bits per heavy atom. The normalized spacial score (nSPS) is 12.9. The number of ether oxygens (including phenoxy) is 14. The van der Waals surface area contributed by atoms with Gasteiger partial charge in [0, 0.05) is 33.0 Å². The van der Waals surface area contributed by atoms with Crippen LogP contribution in [0.1, 0.15) is 107 Å². The summed E-state index contributed by atoms with van der Waals surface area (Å²) >= 11 is 1.13. The van der Waals surface area contributed by atoms with Crippen molar-refractivity contribution in [2.45, 2.75) is 117 Å². The molecule has 0 aliphatic heterocycles. The van der Waals surface area contributed by atoms with Crippen LogP contribution in [0, 0.1) is 43.6 Å². The van der Waals surface area contributed by atoms with Gasteiger partial charge in [-0.1, -0.05) is 63.8 Å². The molecular weight excluding hydrogens is 1160 g/mol. The molecule has 88 heavy (non-hydrogen) atoms. The number of esters is 4. The fraction of sp³-hybridized carbons (Fsp3) is 0.688. The number of rotatable bonds is 55. The van der Waals surface area contributed by atoms with E-state index in [1.807, 2.05) is 49.4 Å². The number of allylic oxidation sites excluding steroid dienone is 4. The molecule has 23 nitrogen and oxygen atoms in total. The zero-order valence-corrected chi connectivity index (χ0v) is 54.3. The van der Waals surface area contributed by atoms with Crippen molar-refractivity contribution in [1.82, 2.24) is 0 Å². The summed E-state index contributed by atoms with van der Waals surface area (Å²) in [5.41, 5.74) is 3.16. The van der Waals surface area contributed by atoms with Gasteiger partial charge in [0.15, 0.2) is 0 Å². The average molecular weight is 1260 g/mol. The summed E-state index contributed by atoms with van der Waals surface area (Å²) in [5, 5.41) is 18.8. The lowest BCUT2D eigenvalue weighted by molar-refractivity contribution is -0.154. The highest BCUT2D eigenvalue weighted by atomic mass is 32.1. The van der Waals surface area contributed by atoms with Crippen LogP contribution in [0.25, 0.3) is 4.85 Å². The number of nitrogens with zero attached hydrogens (tertiary/aromatic N) is 5. The Kier molecular flexibility index (Phi) is 46.4. The van der Waals surface area contributed by atoms with Crippen LogP contribution in [0.2, 0.25) is 0 Å². The van der Waals surface area contributed by atoms with Gasteiger partial charge in [0.1, 0.15) is 24.3 Å². The van der Waals surface area contributed by atoms with Gasteiger partial charge in [-0.25, -0.2) is 4.85 Å². The van der Waals surface area contributed by atoms with E-state index in [9.17, 15) is 24.4 Å². The van der Waals surface area contributed by atoms with Gasteiger partial charge >= 0.3 is 23.9 Å². The van der Waals surface area contributed by atoms with Crippen molar-refractivity contribution in [3.05, 3.63) is 69.9 Å². The number of hydrogen-bond acceptors (Lipinski definition) is 23. The lowest BCUT2D eigenvalue weighted by atomic mass is 10.0. The molecule has 0 spiro atoms. The minimum atomic E-state index is -0.607. The number of thiophene rings is 1. The van der Waals surface area contributed by atoms with Gasteiger partial charge in [0.2, 0.25) is 5.69 Å². The third-order valence-corrected chi connectivity index (χ3v) is 14.4. The molecule has 1 aromatic heterocycles. The number of methoxy groups -OCH3 is 4. The Hall–Kier alpha value is -5.74. The topological polar surface area (TPSA) is 254 Å². The first-order chi connectivity index (χ1) is 42.9. The number of aryl methyl sites for hydroxylation is 1. The number of hydrogen-bond donors (Lipinski definition) is 0. The van der Waals surface area contributed by atoms with Crippen LogP contribution >= 0.6 is 11.3 Å². The SMILES string of the molecule is [C-]#[N+]c1c(N=Nc2ccc(N(CC(COC)OCCOCCOCCOCCOCCOC(=O)CC(C/C=C/CCCCC)C(=O)OC)CC(COC)OCCOCCOCCOC(=O)CC(C/C=C/CCCCC)C(=O)OC)cc2C)sc(C#N)c1C. The third kappa shape index (κ3) is 36.1. The standard InChI is InChI=1S/C64H99N5O18S/c1-10-12-14-16-18-20-22-52(63(72)76-8)43-59(70)86-40-36-82-31-29-79-27-26-78-28-30-80-34-38-84-55(48-74-6)46-69(54-24-25-57(50(3)42-54)67-68-62-61(66-5)51(4)58(45-65)88-62)47-56(49-75-7)85-39-35-81-32-33-83-37-41-87-60(71)44-53(64(73)77-9)23-21-19-17-15-13-11-2/h18-21,24-25,42,52-53,55-56H,10-17,22-23,26-41,43-44,46-49H2,1-4,6-9H3/b20-18+,21-19+,68-67?. The van der Waals surface area contributed by atoms with Crippen molar-refractivity contribution in [2.24, 2.45) is 22.1 Å². The number of nitriles is 1. The molecule has 2 aromatic rings. The molecule has 494 valence electrons.